The molecule has 0 aliphatic carbocycles. The highest BCUT2D eigenvalue weighted by molar-refractivity contribution is 5.72. The third-order valence-electron chi connectivity index (χ3n) is 1.93. The minimum atomic E-state index is -0.230. The molecule has 0 heterocycles. The van der Waals surface area contributed by atoms with Gasteiger partial charge in [-0.1, -0.05) is 24.3 Å². The van der Waals surface area contributed by atoms with Crippen molar-refractivity contribution >= 4 is 5.97 Å². The second-order valence-electron chi connectivity index (χ2n) is 3.14. The van der Waals surface area contributed by atoms with Gasteiger partial charge in [0.1, 0.15) is 0 Å². The summed E-state index contributed by atoms with van der Waals surface area (Å²) in [6, 6.07) is 9.52. The number of hydrogen-bond donors (Lipinski definition) is 0. The Morgan fingerprint density at radius 3 is 2.87 bits per heavy atom. The van der Waals surface area contributed by atoms with Crippen LogP contribution in [0.15, 0.2) is 24.3 Å². The zero-order chi connectivity index (χ0) is 11.1. The molecule has 0 fully saturated rings. The molecule has 1 aromatic rings. The monoisotopic (exact) mass is 203 g/mol. The number of nitrogens with zero attached hydrogens (tertiary/aromatic N) is 1. The van der Waals surface area contributed by atoms with E-state index in [1.54, 1.807) is 6.92 Å². The lowest BCUT2D eigenvalue weighted by atomic mass is 10.1. The lowest BCUT2D eigenvalue weighted by Crippen LogP contribution is -2.07. The summed E-state index contributed by atoms with van der Waals surface area (Å²) < 4.78 is 4.84. The lowest BCUT2D eigenvalue weighted by molar-refractivity contribution is -0.142. The fourth-order valence-corrected chi connectivity index (χ4v) is 1.32. The summed E-state index contributed by atoms with van der Waals surface area (Å²) in [5.74, 6) is -0.230. The van der Waals surface area contributed by atoms with Crippen LogP contribution in [0.25, 0.3) is 0 Å². The van der Waals surface area contributed by atoms with E-state index in [1.807, 2.05) is 24.3 Å². The van der Waals surface area contributed by atoms with E-state index < -0.39 is 0 Å². The summed E-state index contributed by atoms with van der Waals surface area (Å²) in [6.45, 7) is 2.18. The van der Waals surface area contributed by atoms with Gasteiger partial charge in [0.2, 0.25) is 0 Å². The number of nitriles is 1. The first kappa shape index (κ1) is 11.3. The van der Waals surface area contributed by atoms with Crippen molar-refractivity contribution in [2.24, 2.45) is 0 Å². The summed E-state index contributed by atoms with van der Waals surface area (Å²) in [5, 5.41) is 8.54. The van der Waals surface area contributed by atoms with E-state index in [0.29, 0.717) is 13.0 Å². The predicted octanol–water partition coefficient (Wildman–Crippen LogP) is 1.86. The summed E-state index contributed by atoms with van der Waals surface area (Å²) >= 11 is 0. The van der Waals surface area contributed by atoms with Gasteiger partial charge in [-0.3, -0.25) is 4.79 Å². The van der Waals surface area contributed by atoms with E-state index >= 15 is 0 Å². The first-order valence-electron chi connectivity index (χ1n) is 4.86. The molecule has 0 saturated heterocycles. The molecule has 0 spiro atoms. The summed E-state index contributed by atoms with van der Waals surface area (Å²) in [6.07, 6.45) is 0.643. The molecule has 78 valence electrons. The van der Waals surface area contributed by atoms with Crippen LogP contribution in [-0.4, -0.2) is 12.6 Å². The van der Waals surface area contributed by atoms with Crippen LogP contribution >= 0.6 is 0 Å². The normalized spacial score (nSPS) is 9.33. The van der Waals surface area contributed by atoms with Gasteiger partial charge in [-0.05, 0) is 18.1 Å². The fourth-order valence-electron chi connectivity index (χ4n) is 1.32. The van der Waals surface area contributed by atoms with Crippen LogP contribution in [0.5, 0.6) is 0 Å². The lowest BCUT2D eigenvalue weighted by Gasteiger charge is -2.03. The van der Waals surface area contributed by atoms with Crippen molar-refractivity contribution in [2.75, 3.05) is 6.61 Å². The molecule has 0 N–H and O–H groups in total. The second kappa shape index (κ2) is 5.82. The van der Waals surface area contributed by atoms with E-state index in [1.165, 1.54) is 0 Å². The molecule has 0 aliphatic rings. The summed E-state index contributed by atoms with van der Waals surface area (Å²) in [4.78, 5) is 11.2. The Kier molecular flexibility index (Phi) is 4.36. The minimum absolute atomic E-state index is 0.230. The van der Waals surface area contributed by atoms with Crippen LogP contribution in [0.3, 0.4) is 0 Å². The molecule has 15 heavy (non-hydrogen) atoms. The van der Waals surface area contributed by atoms with Gasteiger partial charge in [-0.2, -0.15) is 5.26 Å². The van der Waals surface area contributed by atoms with E-state index in [0.717, 1.165) is 11.1 Å². The summed E-state index contributed by atoms with van der Waals surface area (Å²) in [5.41, 5.74) is 1.82. The van der Waals surface area contributed by atoms with Crippen LogP contribution < -0.4 is 0 Å². The van der Waals surface area contributed by atoms with Crippen molar-refractivity contribution in [3.63, 3.8) is 0 Å². The highest BCUT2D eigenvalue weighted by Crippen LogP contribution is 2.07. The Morgan fingerprint density at radius 2 is 2.20 bits per heavy atom. The van der Waals surface area contributed by atoms with E-state index in [2.05, 4.69) is 6.07 Å². The number of benzene rings is 1. The third-order valence-corrected chi connectivity index (χ3v) is 1.93. The Labute approximate surface area is 89.3 Å². The minimum Gasteiger partial charge on any atom is -0.466 e. The molecule has 0 aliphatic heterocycles. The van der Waals surface area contributed by atoms with E-state index in [9.17, 15) is 4.79 Å². The van der Waals surface area contributed by atoms with Gasteiger partial charge in [-0.25, -0.2) is 0 Å². The first-order chi connectivity index (χ1) is 7.26. The maximum Gasteiger partial charge on any atom is 0.310 e. The zero-order valence-corrected chi connectivity index (χ0v) is 8.69. The molecule has 1 aromatic carbocycles. The molecule has 0 saturated carbocycles. The third kappa shape index (κ3) is 3.82. The SMILES string of the molecule is CCOC(=O)Cc1cccc(CC#N)c1. The molecule has 0 aromatic heterocycles. The molecule has 3 heteroatoms. The number of rotatable bonds is 4. The Balaban J connectivity index is 2.65. The van der Waals surface area contributed by atoms with Crippen molar-refractivity contribution in [1.82, 2.24) is 0 Å². The fraction of sp³-hybridized carbons (Fsp3) is 0.333. The van der Waals surface area contributed by atoms with Crippen molar-refractivity contribution in [1.29, 1.82) is 5.26 Å². The van der Waals surface area contributed by atoms with Crippen LogP contribution in [0.1, 0.15) is 18.1 Å². The van der Waals surface area contributed by atoms with Gasteiger partial charge >= 0.3 is 5.97 Å². The molecular formula is C12H13NO2. The Hall–Kier alpha value is -1.82. The molecule has 1 rings (SSSR count). The second-order valence-corrected chi connectivity index (χ2v) is 3.14. The Bertz CT molecular complexity index is 379. The van der Waals surface area contributed by atoms with Crippen LogP contribution in [0.2, 0.25) is 0 Å². The van der Waals surface area contributed by atoms with Gasteiger partial charge in [0, 0.05) is 0 Å². The van der Waals surface area contributed by atoms with Crippen molar-refractivity contribution in [3.8, 4) is 6.07 Å². The van der Waals surface area contributed by atoms with Crippen molar-refractivity contribution in [2.45, 2.75) is 19.8 Å². The number of ether oxygens (including phenoxy) is 1. The van der Waals surface area contributed by atoms with E-state index in [4.69, 9.17) is 10.00 Å². The van der Waals surface area contributed by atoms with Crippen LogP contribution in [0.4, 0.5) is 0 Å². The molecule has 3 nitrogen and oxygen atoms in total. The Morgan fingerprint density at radius 1 is 1.47 bits per heavy atom. The smallest absolute Gasteiger partial charge is 0.310 e. The van der Waals surface area contributed by atoms with Gasteiger partial charge in [0.15, 0.2) is 0 Å². The highest BCUT2D eigenvalue weighted by Gasteiger charge is 2.04. The number of carbonyl (C=O) groups is 1. The highest BCUT2D eigenvalue weighted by atomic mass is 16.5. The topological polar surface area (TPSA) is 50.1 Å². The van der Waals surface area contributed by atoms with Crippen molar-refractivity contribution < 1.29 is 9.53 Å². The number of carbonyl (C=O) groups excluding carboxylic acids is 1. The van der Waals surface area contributed by atoms with Gasteiger partial charge in [0.25, 0.3) is 0 Å². The molecular weight excluding hydrogens is 190 g/mol. The number of hydrogen-bond acceptors (Lipinski definition) is 3. The molecule has 0 radical (unpaired) electrons. The molecule has 0 amide bonds. The van der Waals surface area contributed by atoms with Gasteiger partial charge < -0.3 is 4.74 Å². The standard InChI is InChI=1S/C12H13NO2/c1-2-15-12(14)9-11-5-3-4-10(8-11)6-7-13/h3-5,8H,2,6,9H2,1H3. The largest absolute Gasteiger partial charge is 0.466 e. The number of esters is 1. The van der Waals surface area contributed by atoms with E-state index in [-0.39, 0.29) is 12.4 Å². The molecule has 0 unspecified atom stereocenters. The average molecular weight is 203 g/mol. The van der Waals surface area contributed by atoms with Crippen LogP contribution in [0, 0.1) is 11.3 Å². The van der Waals surface area contributed by atoms with Crippen LogP contribution in [-0.2, 0) is 22.4 Å². The van der Waals surface area contributed by atoms with Gasteiger partial charge in [-0.15, -0.1) is 0 Å². The first-order valence-corrected chi connectivity index (χ1v) is 4.86. The predicted molar refractivity (Wildman–Crippen MR) is 56.1 cm³/mol. The van der Waals surface area contributed by atoms with Crippen molar-refractivity contribution in [3.05, 3.63) is 35.4 Å². The molecule has 0 atom stereocenters. The summed E-state index contributed by atoms with van der Waals surface area (Å²) in [7, 11) is 0. The zero-order valence-electron chi connectivity index (χ0n) is 8.69. The maximum absolute atomic E-state index is 11.2. The quantitative estimate of drug-likeness (QED) is 0.702. The maximum atomic E-state index is 11.2. The average Bonchev–Trinajstić information content (AvgIpc) is 2.19. The van der Waals surface area contributed by atoms with Gasteiger partial charge in [0.05, 0.1) is 25.5 Å². The molecule has 0 bridgehead atoms.